The molecule has 0 amide bonds. The van der Waals surface area contributed by atoms with Crippen LogP contribution in [0.15, 0.2) is 36.7 Å². The van der Waals surface area contributed by atoms with Crippen molar-refractivity contribution in [2.24, 2.45) is 5.73 Å². The molecule has 1 atom stereocenters. The molecule has 170 valence electrons. The van der Waals surface area contributed by atoms with Crippen LogP contribution in [0, 0.1) is 0 Å². The van der Waals surface area contributed by atoms with Crippen molar-refractivity contribution >= 4 is 22.7 Å². The van der Waals surface area contributed by atoms with Crippen molar-refractivity contribution in [3.8, 4) is 5.75 Å². The predicted octanol–water partition coefficient (Wildman–Crippen LogP) is 2.22. The van der Waals surface area contributed by atoms with Gasteiger partial charge in [-0.3, -0.25) is 0 Å². The first-order valence-electron chi connectivity index (χ1n) is 10.9. The van der Waals surface area contributed by atoms with E-state index in [1.165, 1.54) is 0 Å². The Bertz CT molecular complexity index is 1060. The second-order valence-corrected chi connectivity index (χ2v) is 7.64. The highest BCUT2D eigenvalue weighted by molar-refractivity contribution is 6.04. The van der Waals surface area contributed by atoms with Gasteiger partial charge in [-0.05, 0) is 37.6 Å². The fraction of sp³-hybridized carbons (Fsp3) is 0.435. The molecule has 3 aromatic rings. The fourth-order valence-corrected chi connectivity index (χ4v) is 4.02. The molecular formula is C23H29N5O4. The molecular weight excluding hydrogens is 410 g/mol. The number of morpholine rings is 1. The van der Waals surface area contributed by atoms with Crippen molar-refractivity contribution in [1.82, 2.24) is 14.8 Å². The van der Waals surface area contributed by atoms with E-state index < -0.39 is 0 Å². The van der Waals surface area contributed by atoms with E-state index in [0.717, 1.165) is 28.8 Å². The van der Waals surface area contributed by atoms with Crippen LogP contribution in [0.3, 0.4) is 0 Å². The maximum absolute atomic E-state index is 12.7. The van der Waals surface area contributed by atoms with E-state index in [2.05, 4.69) is 15.0 Å². The molecule has 9 nitrogen and oxygen atoms in total. The third-order valence-electron chi connectivity index (χ3n) is 5.57. The monoisotopic (exact) mass is 439 g/mol. The van der Waals surface area contributed by atoms with Gasteiger partial charge in [-0.2, -0.15) is 5.10 Å². The molecule has 32 heavy (non-hydrogen) atoms. The summed E-state index contributed by atoms with van der Waals surface area (Å²) in [5, 5.41) is 5.40. The van der Waals surface area contributed by atoms with Gasteiger partial charge in [0.25, 0.3) is 0 Å². The fourth-order valence-electron chi connectivity index (χ4n) is 4.02. The molecule has 0 radical (unpaired) electrons. The summed E-state index contributed by atoms with van der Waals surface area (Å²) in [6, 6.07) is 7.84. The Kier molecular flexibility index (Phi) is 6.87. The number of methoxy groups -OCH3 is 1. The Morgan fingerprint density at radius 1 is 1.28 bits per heavy atom. The number of rotatable bonds is 8. The first-order chi connectivity index (χ1) is 15.6. The summed E-state index contributed by atoms with van der Waals surface area (Å²) < 4.78 is 18.2. The molecule has 2 N–H and O–H groups in total. The standard InChI is InChI=1S/C23H29N5O4/c1-3-31-23(29)20-12-25-22-19(21(20)27-10-11-32-18(15-27)8-9-24)13-26-28(22)14-16-4-6-17(30-2)7-5-16/h4-7,12-13,18H,3,8-11,14-15,24H2,1-2H3/t18-/m0/s1. The van der Waals surface area contributed by atoms with Crippen LogP contribution >= 0.6 is 0 Å². The Labute approximate surface area is 187 Å². The lowest BCUT2D eigenvalue weighted by Gasteiger charge is -2.35. The number of carbonyl (C=O) groups excluding carboxylic acids is 1. The minimum atomic E-state index is -0.387. The van der Waals surface area contributed by atoms with Crippen LogP contribution in [-0.2, 0) is 16.0 Å². The van der Waals surface area contributed by atoms with Crippen LogP contribution in [-0.4, -0.2) is 66.8 Å². The number of nitrogens with two attached hydrogens (primary N) is 1. The van der Waals surface area contributed by atoms with Crippen LogP contribution in [0.1, 0.15) is 29.3 Å². The number of anilines is 1. The number of carbonyl (C=O) groups is 1. The van der Waals surface area contributed by atoms with Gasteiger partial charge in [0.15, 0.2) is 5.65 Å². The Morgan fingerprint density at radius 3 is 2.81 bits per heavy atom. The average Bonchev–Trinajstić information content (AvgIpc) is 3.22. The number of benzene rings is 1. The van der Waals surface area contributed by atoms with Gasteiger partial charge in [0, 0.05) is 19.3 Å². The molecule has 9 heteroatoms. The molecule has 2 aromatic heterocycles. The summed E-state index contributed by atoms with van der Waals surface area (Å²) in [6.45, 7) is 5.07. The Morgan fingerprint density at radius 2 is 2.09 bits per heavy atom. The van der Waals surface area contributed by atoms with Crippen LogP contribution in [0.5, 0.6) is 5.75 Å². The lowest BCUT2D eigenvalue weighted by atomic mass is 10.1. The van der Waals surface area contributed by atoms with E-state index in [9.17, 15) is 4.79 Å². The number of esters is 1. The second-order valence-electron chi connectivity index (χ2n) is 7.64. The van der Waals surface area contributed by atoms with Crippen molar-refractivity contribution in [2.75, 3.05) is 44.9 Å². The molecule has 0 bridgehead atoms. The highest BCUT2D eigenvalue weighted by Crippen LogP contribution is 2.32. The van der Waals surface area contributed by atoms with Gasteiger partial charge < -0.3 is 24.8 Å². The molecule has 0 unspecified atom stereocenters. The highest BCUT2D eigenvalue weighted by Gasteiger charge is 2.28. The number of pyridine rings is 1. The maximum Gasteiger partial charge on any atom is 0.341 e. The van der Waals surface area contributed by atoms with Gasteiger partial charge in [0.05, 0.1) is 50.2 Å². The number of hydrogen-bond acceptors (Lipinski definition) is 8. The minimum absolute atomic E-state index is 0.0151. The molecule has 1 aliphatic heterocycles. The number of hydrogen-bond donors (Lipinski definition) is 1. The molecule has 0 spiro atoms. The topological polar surface area (TPSA) is 105 Å². The summed E-state index contributed by atoms with van der Waals surface area (Å²) in [6.07, 6.45) is 4.14. The van der Waals surface area contributed by atoms with Gasteiger partial charge in [-0.1, -0.05) is 12.1 Å². The zero-order chi connectivity index (χ0) is 22.5. The Hall–Kier alpha value is -3.17. The molecule has 1 fully saturated rings. The second kappa shape index (κ2) is 9.97. The summed E-state index contributed by atoms with van der Waals surface area (Å²) in [5.41, 5.74) is 8.76. The summed E-state index contributed by atoms with van der Waals surface area (Å²) >= 11 is 0. The van der Waals surface area contributed by atoms with E-state index >= 15 is 0 Å². The number of fused-ring (bicyclic) bond motifs is 1. The summed E-state index contributed by atoms with van der Waals surface area (Å²) in [4.78, 5) is 19.5. The normalized spacial score (nSPS) is 16.3. The lowest BCUT2D eigenvalue weighted by Crippen LogP contribution is -2.44. The molecule has 3 heterocycles. The third-order valence-corrected chi connectivity index (χ3v) is 5.57. The summed E-state index contributed by atoms with van der Waals surface area (Å²) in [7, 11) is 1.65. The van der Waals surface area contributed by atoms with Crippen molar-refractivity contribution in [2.45, 2.75) is 26.0 Å². The minimum Gasteiger partial charge on any atom is -0.497 e. The first kappa shape index (κ1) is 22.0. The Balaban J connectivity index is 1.72. The zero-order valence-corrected chi connectivity index (χ0v) is 18.5. The largest absolute Gasteiger partial charge is 0.497 e. The van der Waals surface area contributed by atoms with Gasteiger partial charge in [0.1, 0.15) is 11.3 Å². The number of aromatic nitrogens is 3. The molecule has 0 aliphatic carbocycles. The van der Waals surface area contributed by atoms with E-state index in [0.29, 0.717) is 50.6 Å². The predicted molar refractivity (Wildman–Crippen MR) is 121 cm³/mol. The average molecular weight is 440 g/mol. The smallest absolute Gasteiger partial charge is 0.341 e. The van der Waals surface area contributed by atoms with Crippen molar-refractivity contribution in [1.29, 1.82) is 0 Å². The van der Waals surface area contributed by atoms with E-state index in [1.54, 1.807) is 26.4 Å². The van der Waals surface area contributed by atoms with E-state index in [-0.39, 0.29) is 12.1 Å². The highest BCUT2D eigenvalue weighted by atomic mass is 16.5. The third kappa shape index (κ3) is 4.53. The van der Waals surface area contributed by atoms with Gasteiger partial charge in [-0.15, -0.1) is 0 Å². The van der Waals surface area contributed by atoms with Crippen LogP contribution in [0.4, 0.5) is 5.69 Å². The van der Waals surface area contributed by atoms with Crippen molar-refractivity contribution < 1.29 is 19.0 Å². The first-order valence-corrected chi connectivity index (χ1v) is 10.9. The van der Waals surface area contributed by atoms with Gasteiger partial charge >= 0.3 is 5.97 Å². The van der Waals surface area contributed by atoms with Crippen LogP contribution < -0.4 is 15.4 Å². The van der Waals surface area contributed by atoms with E-state index in [4.69, 9.17) is 19.9 Å². The van der Waals surface area contributed by atoms with Gasteiger partial charge in [0.2, 0.25) is 0 Å². The number of ether oxygens (including phenoxy) is 3. The van der Waals surface area contributed by atoms with E-state index in [1.807, 2.05) is 28.9 Å². The maximum atomic E-state index is 12.7. The van der Waals surface area contributed by atoms with Crippen LogP contribution in [0.2, 0.25) is 0 Å². The molecule has 1 aliphatic rings. The van der Waals surface area contributed by atoms with Crippen molar-refractivity contribution in [3.05, 3.63) is 47.8 Å². The van der Waals surface area contributed by atoms with Gasteiger partial charge in [-0.25, -0.2) is 14.5 Å². The molecule has 1 aromatic carbocycles. The quantitative estimate of drug-likeness (QED) is 0.533. The molecule has 0 saturated carbocycles. The van der Waals surface area contributed by atoms with Crippen molar-refractivity contribution in [3.63, 3.8) is 0 Å². The summed E-state index contributed by atoms with van der Waals surface area (Å²) in [5.74, 6) is 0.416. The SMILES string of the molecule is CCOC(=O)c1cnc2c(cnn2Cc2ccc(OC)cc2)c1N1CCO[C@@H](CCN)C1. The molecule has 4 rings (SSSR count). The lowest BCUT2D eigenvalue weighted by molar-refractivity contribution is 0.0365. The molecule has 1 saturated heterocycles. The number of nitrogens with zero attached hydrogens (tertiary/aromatic N) is 4. The zero-order valence-electron chi connectivity index (χ0n) is 18.5. The van der Waals surface area contributed by atoms with Crippen LogP contribution in [0.25, 0.3) is 11.0 Å².